The highest BCUT2D eigenvalue weighted by Crippen LogP contribution is 2.11. The first-order valence-corrected chi connectivity index (χ1v) is 5.55. The number of carbonyl (C=O) groups is 1. The Labute approximate surface area is 85.8 Å². The highest BCUT2D eigenvalue weighted by Gasteiger charge is 2.16. The standard InChI is InChI=1S/C8H11N3O2S/c12-8(10-7-5-9-13-6-7)11-1-3-14-4-2-11/h5-6H,1-4H2,(H,10,12). The third kappa shape index (κ3) is 2.20. The summed E-state index contributed by atoms with van der Waals surface area (Å²) < 4.78 is 4.62. The molecule has 1 aromatic heterocycles. The molecule has 1 N–H and O–H groups in total. The molecule has 1 saturated heterocycles. The van der Waals surface area contributed by atoms with E-state index in [1.165, 1.54) is 12.5 Å². The maximum absolute atomic E-state index is 11.6. The minimum Gasteiger partial charge on any atom is -0.363 e. The first-order valence-electron chi connectivity index (χ1n) is 4.39. The Morgan fingerprint density at radius 2 is 2.36 bits per heavy atom. The average molecular weight is 213 g/mol. The van der Waals surface area contributed by atoms with Gasteiger partial charge in [0.2, 0.25) is 0 Å². The van der Waals surface area contributed by atoms with Gasteiger partial charge in [0.15, 0.2) is 0 Å². The summed E-state index contributed by atoms with van der Waals surface area (Å²) in [4.78, 5) is 13.4. The smallest absolute Gasteiger partial charge is 0.322 e. The van der Waals surface area contributed by atoms with E-state index in [0.717, 1.165) is 24.6 Å². The fourth-order valence-electron chi connectivity index (χ4n) is 1.24. The molecule has 1 fully saturated rings. The summed E-state index contributed by atoms with van der Waals surface area (Å²) in [6.45, 7) is 1.61. The van der Waals surface area contributed by atoms with Gasteiger partial charge in [-0.2, -0.15) is 11.8 Å². The van der Waals surface area contributed by atoms with Gasteiger partial charge in [-0.25, -0.2) is 4.79 Å². The second-order valence-corrected chi connectivity index (χ2v) is 4.17. The lowest BCUT2D eigenvalue weighted by molar-refractivity contribution is 0.217. The van der Waals surface area contributed by atoms with Crippen LogP contribution >= 0.6 is 11.8 Å². The van der Waals surface area contributed by atoms with Crippen LogP contribution in [0.15, 0.2) is 17.0 Å². The lowest BCUT2D eigenvalue weighted by atomic mass is 10.5. The Kier molecular flexibility index (Phi) is 2.93. The molecule has 0 unspecified atom stereocenters. The van der Waals surface area contributed by atoms with Crippen LogP contribution in [0.4, 0.5) is 10.5 Å². The number of thioether (sulfide) groups is 1. The van der Waals surface area contributed by atoms with E-state index in [9.17, 15) is 4.79 Å². The number of anilines is 1. The fourth-order valence-corrected chi connectivity index (χ4v) is 2.14. The van der Waals surface area contributed by atoms with E-state index >= 15 is 0 Å². The van der Waals surface area contributed by atoms with Crippen molar-refractivity contribution in [3.8, 4) is 0 Å². The molecular formula is C8H11N3O2S. The maximum atomic E-state index is 11.6. The highest BCUT2D eigenvalue weighted by molar-refractivity contribution is 7.99. The quantitative estimate of drug-likeness (QED) is 0.763. The van der Waals surface area contributed by atoms with E-state index < -0.39 is 0 Å². The maximum Gasteiger partial charge on any atom is 0.322 e. The number of carbonyl (C=O) groups excluding carboxylic acids is 1. The van der Waals surface area contributed by atoms with Crippen molar-refractivity contribution in [2.75, 3.05) is 29.9 Å². The highest BCUT2D eigenvalue weighted by atomic mass is 32.2. The second-order valence-electron chi connectivity index (χ2n) is 2.94. The van der Waals surface area contributed by atoms with Crippen molar-refractivity contribution in [1.29, 1.82) is 0 Å². The molecule has 0 aliphatic carbocycles. The zero-order valence-electron chi connectivity index (χ0n) is 7.60. The molecule has 2 heterocycles. The van der Waals surface area contributed by atoms with E-state index in [2.05, 4.69) is 15.0 Å². The Bertz CT molecular complexity index is 296. The first kappa shape index (κ1) is 9.39. The van der Waals surface area contributed by atoms with Gasteiger partial charge in [-0.1, -0.05) is 5.16 Å². The van der Waals surface area contributed by atoms with Gasteiger partial charge in [0, 0.05) is 24.6 Å². The Hall–Kier alpha value is -1.17. The molecule has 2 amide bonds. The lowest BCUT2D eigenvalue weighted by Crippen LogP contribution is -2.40. The minimum atomic E-state index is -0.0755. The molecule has 0 saturated carbocycles. The number of rotatable bonds is 1. The first-order chi connectivity index (χ1) is 6.86. The average Bonchev–Trinajstić information content (AvgIpc) is 2.72. The molecule has 0 atom stereocenters. The molecule has 76 valence electrons. The van der Waals surface area contributed by atoms with Crippen LogP contribution in [0.5, 0.6) is 0 Å². The summed E-state index contributed by atoms with van der Waals surface area (Å²) in [6, 6.07) is -0.0755. The van der Waals surface area contributed by atoms with Crippen LogP contribution in [0, 0.1) is 0 Å². The van der Waals surface area contributed by atoms with Crippen molar-refractivity contribution >= 4 is 23.5 Å². The van der Waals surface area contributed by atoms with Crippen molar-refractivity contribution in [1.82, 2.24) is 10.1 Å². The fraction of sp³-hybridized carbons (Fsp3) is 0.500. The Morgan fingerprint density at radius 1 is 1.57 bits per heavy atom. The molecule has 0 radical (unpaired) electrons. The molecular weight excluding hydrogens is 202 g/mol. The zero-order chi connectivity index (χ0) is 9.80. The number of nitrogens with zero attached hydrogens (tertiary/aromatic N) is 2. The van der Waals surface area contributed by atoms with Gasteiger partial charge in [-0.15, -0.1) is 0 Å². The Balaban J connectivity index is 1.88. The van der Waals surface area contributed by atoms with Crippen LogP contribution in [0.2, 0.25) is 0 Å². The third-order valence-electron chi connectivity index (χ3n) is 1.98. The van der Waals surface area contributed by atoms with Crippen LogP contribution in [-0.2, 0) is 0 Å². The largest absolute Gasteiger partial charge is 0.363 e. The number of urea groups is 1. The third-order valence-corrected chi connectivity index (χ3v) is 2.92. The molecule has 0 aromatic carbocycles. The van der Waals surface area contributed by atoms with Crippen LogP contribution in [0.3, 0.4) is 0 Å². The van der Waals surface area contributed by atoms with Crippen molar-refractivity contribution in [3.63, 3.8) is 0 Å². The predicted octanol–water partition coefficient (Wildman–Crippen LogP) is 1.26. The number of amides is 2. The van der Waals surface area contributed by atoms with Crippen LogP contribution < -0.4 is 5.32 Å². The summed E-state index contributed by atoms with van der Waals surface area (Å²) in [6.07, 6.45) is 2.90. The van der Waals surface area contributed by atoms with Crippen molar-refractivity contribution in [3.05, 3.63) is 12.5 Å². The topological polar surface area (TPSA) is 58.4 Å². The molecule has 2 rings (SSSR count). The summed E-state index contributed by atoms with van der Waals surface area (Å²) in [5.41, 5.74) is 0.605. The van der Waals surface area contributed by atoms with E-state index in [0.29, 0.717) is 5.69 Å². The monoisotopic (exact) mass is 213 g/mol. The van der Waals surface area contributed by atoms with Gasteiger partial charge >= 0.3 is 6.03 Å². The molecule has 5 nitrogen and oxygen atoms in total. The normalized spacial score (nSPS) is 16.7. The summed E-state index contributed by atoms with van der Waals surface area (Å²) in [5.74, 6) is 2.02. The minimum absolute atomic E-state index is 0.0755. The molecule has 1 aromatic rings. The summed E-state index contributed by atoms with van der Waals surface area (Å²) >= 11 is 1.87. The van der Waals surface area contributed by atoms with E-state index in [4.69, 9.17) is 0 Å². The second kappa shape index (κ2) is 4.36. The van der Waals surface area contributed by atoms with Crippen LogP contribution in [0.25, 0.3) is 0 Å². The summed E-state index contributed by atoms with van der Waals surface area (Å²) in [7, 11) is 0. The van der Waals surface area contributed by atoms with Crippen molar-refractivity contribution in [2.24, 2.45) is 0 Å². The number of hydrogen-bond acceptors (Lipinski definition) is 4. The van der Waals surface area contributed by atoms with E-state index in [-0.39, 0.29) is 6.03 Å². The lowest BCUT2D eigenvalue weighted by Gasteiger charge is -2.26. The van der Waals surface area contributed by atoms with E-state index in [1.54, 1.807) is 4.90 Å². The number of aromatic nitrogens is 1. The molecule has 0 bridgehead atoms. The van der Waals surface area contributed by atoms with E-state index in [1.807, 2.05) is 11.8 Å². The molecule has 1 aliphatic rings. The molecule has 6 heteroatoms. The zero-order valence-corrected chi connectivity index (χ0v) is 8.42. The van der Waals surface area contributed by atoms with Crippen LogP contribution in [-0.4, -0.2) is 40.7 Å². The molecule has 1 aliphatic heterocycles. The van der Waals surface area contributed by atoms with Gasteiger partial charge in [0.05, 0.1) is 6.20 Å². The van der Waals surface area contributed by atoms with Gasteiger partial charge in [-0.3, -0.25) is 0 Å². The molecule has 14 heavy (non-hydrogen) atoms. The van der Waals surface area contributed by atoms with Gasteiger partial charge in [0.1, 0.15) is 12.0 Å². The Morgan fingerprint density at radius 3 is 3.00 bits per heavy atom. The van der Waals surface area contributed by atoms with Crippen molar-refractivity contribution < 1.29 is 9.32 Å². The molecule has 0 spiro atoms. The van der Waals surface area contributed by atoms with Gasteiger partial charge < -0.3 is 14.7 Å². The summed E-state index contributed by atoms with van der Waals surface area (Å²) in [5, 5.41) is 6.22. The van der Waals surface area contributed by atoms with Crippen molar-refractivity contribution in [2.45, 2.75) is 0 Å². The SMILES string of the molecule is O=C(Nc1cnoc1)N1CCSCC1. The number of hydrogen-bond donors (Lipinski definition) is 1. The predicted molar refractivity (Wildman–Crippen MR) is 54.4 cm³/mol. The van der Waals surface area contributed by atoms with Gasteiger partial charge in [-0.05, 0) is 0 Å². The van der Waals surface area contributed by atoms with Gasteiger partial charge in [0.25, 0.3) is 0 Å². The number of nitrogens with one attached hydrogen (secondary N) is 1. The van der Waals surface area contributed by atoms with Crippen LogP contribution in [0.1, 0.15) is 0 Å².